The van der Waals surface area contributed by atoms with E-state index in [9.17, 15) is 15.0 Å². The summed E-state index contributed by atoms with van der Waals surface area (Å²) in [5, 5.41) is 27.4. The van der Waals surface area contributed by atoms with E-state index in [1.54, 1.807) is 93.1 Å². The maximum absolute atomic E-state index is 13.4. The molecule has 1 aromatic heterocycles. The number of ether oxygens (including phenoxy) is 4. The van der Waals surface area contributed by atoms with Gasteiger partial charge in [-0.25, -0.2) is 0 Å². The van der Waals surface area contributed by atoms with Gasteiger partial charge < -0.3 is 34.5 Å². The number of carbonyl (C=O) groups is 1. The number of hydrogen-bond donors (Lipinski definition) is 3. The molecule has 0 aliphatic carbocycles. The first kappa shape index (κ1) is 28.6. The number of nitrogens with one attached hydrogen (secondary N) is 1. The van der Waals surface area contributed by atoms with Gasteiger partial charge >= 0.3 is 0 Å². The highest BCUT2D eigenvalue weighted by Crippen LogP contribution is 2.30. The summed E-state index contributed by atoms with van der Waals surface area (Å²) in [5.41, 5.74) is 3.20. The van der Waals surface area contributed by atoms with Crippen LogP contribution in [0.5, 0.6) is 34.5 Å². The second kappa shape index (κ2) is 13.1. The summed E-state index contributed by atoms with van der Waals surface area (Å²) in [5.74, 6) is 1.62. The molecule has 10 heteroatoms. The molecule has 0 amide bonds. The van der Waals surface area contributed by atoms with Crippen molar-refractivity contribution in [1.82, 2.24) is 9.78 Å². The first-order valence-electron chi connectivity index (χ1n) is 12.5. The average molecular weight is 558 g/mol. The van der Waals surface area contributed by atoms with Crippen molar-refractivity contribution in [2.24, 2.45) is 0 Å². The summed E-state index contributed by atoms with van der Waals surface area (Å²) in [4.78, 5) is 13.4. The summed E-state index contributed by atoms with van der Waals surface area (Å²) in [6, 6.07) is 17.0. The van der Waals surface area contributed by atoms with Gasteiger partial charge in [-0.15, -0.1) is 0 Å². The number of rotatable bonds is 11. The van der Waals surface area contributed by atoms with E-state index in [4.69, 9.17) is 18.9 Å². The highest BCUT2D eigenvalue weighted by molar-refractivity contribution is 5.87. The topological polar surface area (TPSA) is 124 Å². The molecule has 0 bridgehead atoms. The summed E-state index contributed by atoms with van der Waals surface area (Å²) in [6.45, 7) is -0.0720. The predicted molar refractivity (Wildman–Crippen MR) is 158 cm³/mol. The number of hydrogen-bond acceptors (Lipinski definition) is 9. The van der Waals surface area contributed by atoms with Crippen LogP contribution in [0.2, 0.25) is 0 Å². The lowest BCUT2D eigenvalue weighted by molar-refractivity contribution is 0.0912. The molecule has 0 fully saturated rings. The summed E-state index contributed by atoms with van der Waals surface area (Å²) >= 11 is 0. The van der Waals surface area contributed by atoms with Crippen molar-refractivity contribution < 1.29 is 34.0 Å². The van der Waals surface area contributed by atoms with Gasteiger partial charge in [-0.1, -0.05) is 24.3 Å². The average Bonchev–Trinajstić information content (AvgIpc) is 3.41. The molecule has 3 N–H and O–H groups in total. The van der Waals surface area contributed by atoms with Crippen LogP contribution in [-0.2, 0) is 0 Å². The van der Waals surface area contributed by atoms with Gasteiger partial charge in [0.15, 0.2) is 23.0 Å². The molecule has 0 unspecified atom stereocenters. The number of phenolic OH excluding ortho intramolecular Hbond substituents is 2. The molecule has 0 saturated heterocycles. The van der Waals surface area contributed by atoms with E-state index in [1.165, 1.54) is 25.0 Å². The summed E-state index contributed by atoms with van der Waals surface area (Å²) in [7, 11) is 6.06. The Hall–Kier alpha value is -5.38. The van der Waals surface area contributed by atoms with E-state index in [0.717, 1.165) is 11.1 Å². The van der Waals surface area contributed by atoms with Crippen molar-refractivity contribution in [2.75, 3.05) is 40.3 Å². The number of phenols is 2. The van der Waals surface area contributed by atoms with Gasteiger partial charge in [-0.2, -0.15) is 9.78 Å². The Morgan fingerprint density at radius 3 is 1.95 bits per heavy atom. The first-order valence-corrected chi connectivity index (χ1v) is 12.5. The maximum atomic E-state index is 13.4. The van der Waals surface area contributed by atoms with E-state index in [1.807, 2.05) is 0 Å². The zero-order chi connectivity index (χ0) is 29.4. The Morgan fingerprint density at radius 1 is 0.756 bits per heavy atom. The van der Waals surface area contributed by atoms with Crippen molar-refractivity contribution in [3.63, 3.8) is 0 Å². The predicted octanol–water partition coefficient (Wildman–Crippen LogP) is 5.42. The molecule has 10 nitrogen and oxygen atoms in total. The molecule has 1 heterocycles. The van der Waals surface area contributed by atoms with Crippen LogP contribution < -0.4 is 24.3 Å². The largest absolute Gasteiger partial charge is 0.504 e. The highest BCUT2D eigenvalue weighted by Gasteiger charge is 2.14. The van der Waals surface area contributed by atoms with Crippen LogP contribution in [0, 0.1) is 0 Å². The van der Waals surface area contributed by atoms with Crippen LogP contribution in [0.4, 0.5) is 5.69 Å². The molecule has 0 spiro atoms. The molecule has 0 radical (unpaired) electrons. The van der Waals surface area contributed by atoms with E-state index >= 15 is 0 Å². The fourth-order valence-electron chi connectivity index (χ4n) is 3.97. The summed E-state index contributed by atoms with van der Waals surface area (Å²) in [6.07, 6.45) is 7.11. The number of benzene rings is 3. The molecule has 0 atom stereocenters. The molecule has 0 aliphatic rings. The molecule has 212 valence electrons. The number of carbonyl (C=O) groups excluding carboxylic acids is 1. The molecule has 0 saturated carbocycles. The van der Waals surface area contributed by atoms with Crippen LogP contribution >= 0.6 is 0 Å². The van der Waals surface area contributed by atoms with Gasteiger partial charge in [0.05, 0.1) is 52.1 Å². The third-order valence-electron chi connectivity index (χ3n) is 6.13. The van der Waals surface area contributed by atoms with Gasteiger partial charge in [0.2, 0.25) is 0 Å². The van der Waals surface area contributed by atoms with Crippen molar-refractivity contribution in [3.8, 4) is 34.5 Å². The van der Waals surface area contributed by atoms with Crippen LogP contribution in [-0.4, -0.2) is 60.9 Å². The molecule has 0 aliphatic heterocycles. The minimum atomic E-state index is -0.316. The lowest BCUT2D eigenvalue weighted by atomic mass is 10.1. The van der Waals surface area contributed by atoms with E-state index in [0.29, 0.717) is 40.1 Å². The van der Waals surface area contributed by atoms with Gasteiger partial charge in [0.1, 0.15) is 11.5 Å². The Balaban J connectivity index is 1.64. The van der Waals surface area contributed by atoms with Crippen LogP contribution in [0.25, 0.3) is 24.3 Å². The van der Waals surface area contributed by atoms with Crippen molar-refractivity contribution in [2.45, 2.75) is 0 Å². The highest BCUT2D eigenvalue weighted by atomic mass is 16.5. The smallest absolute Gasteiger partial charge is 0.266 e. The van der Waals surface area contributed by atoms with E-state index < -0.39 is 0 Å². The second-order valence-electron chi connectivity index (χ2n) is 8.75. The Morgan fingerprint density at radius 2 is 1.37 bits per heavy atom. The minimum Gasteiger partial charge on any atom is -0.504 e. The van der Waals surface area contributed by atoms with Crippen LogP contribution in [0.3, 0.4) is 0 Å². The molecule has 3 aromatic carbocycles. The quantitative estimate of drug-likeness (QED) is 0.222. The lowest BCUT2D eigenvalue weighted by Gasteiger charge is -2.12. The third kappa shape index (κ3) is 6.99. The molecule has 4 aromatic rings. The maximum Gasteiger partial charge on any atom is 0.266 e. The van der Waals surface area contributed by atoms with Gasteiger partial charge in [0.25, 0.3) is 5.91 Å². The van der Waals surface area contributed by atoms with Gasteiger partial charge in [-0.3, -0.25) is 4.79 Å². The van der Waals surface area contributed by atoms with Crippen molar-refractivity contribution in [1.29, 1.82) is 0 Å². The minimum absolute atomic E-state index is 0.0298. The Labute approximate surface area is 237 Å². The number of aromatic hydroxyl groups is 2. The molecule has 4 rings (SSSR count). The zero-order valence-corrected chi connectivity index (χ0v) is 23.1. The van der Waals surface area contributed by atoms with Crippen LogP contribution in [0.1, 0.15) is 27.3 Å². The third-order valence-corrected chi connectivity index (χ3v) is 6.13. The normalized spacial score (nSPS) is 11.1. The molecule has 41 heavy (non-hydrogen) atoms. The van der Waals surface area contributed by atoms with E-state index in [-0.39, 0.29) is 24.0 Å². The second-order valence-corrected chi connectivity index (χ2v) is 8.75. The van der Waals surface area contributed by atoms with Crippen LogP contribution in [0.15, 0.2) is 60.7 Å². The molecular formula is C31H31N3O7. The number of nitrogens with zero attached hydrogens (tertiary/aromatic N) is 2. The van der Waals surface area contributed by atoms with Crippen molar-refractivity contribution >= 4 is 35.9 Å². The fourth-order valence-corrected chi connectivity index (χ4v) is 3.97. The number of methoxy groups -OCH3 is 4. The van der Waals surface area contributed by atoms with Gasteiger partial charge in [-0.05, 0) is 65.7 Å². The Bertz CT molecular complexity index is 1590. The fraction of sp³-hybridized carbons (Fsp3) is 0.161. The summed E-state index contributed by atoms with van der Waals surface area (Å²) < 4.78 is 22.4. The van der Waals surface area contributed by atoms with Crippen molar-refractivity contribution in [3.05, 3.63) is 83.2 Å². The lowest BCUT2D eigenvalue weighted by Crippen LogP contribution is -2.23. The zero-order valence-electron chi connectivity index (χ0n) is 23.1. The number of anilines is 1. The molecular weight excluding hydrogens is 526 g/mol. The Kier molecular flexibility index (Phi) is 9.16. The first-order chi connectivity index (χ1) is 19.8. The number of aromatic nitrogens is 2. The van der Waals surface area contributed by atoms with E-state index in [2.05, 4.69) is 10.4 Å². The SMILES string of the molecule is COc1ccc(OC)c(NCC(=O)n2nc(/C=C/c3ccc(O)c(OC)c3)cc2/C=C/c2ccc(O)c(OC)c2)c1. The standard InChI is InChI=1S/C31H31N3O7/c1-38-24-11-14-28(39-2)25(18-24)32-19-31(37)34-23(10-6-21-8-13-27(36)30(16-21)41-4)17-22(33-34)9-5-20-7-12-26(35)29(15-20)40-3/h5-18,32,35-36H,19H2,1-4H3/b9-5+,10-6+. The van der Waals surface area contributed by atoms with Gasteiger partial charge in [0, 0.05) is 6.07 Å². The monoisotopic (exact) mass is 557 g/mol.